The zero-order chi connectivity index (χ0) is 19.2. The van der Waals surface area contributed by atoms with Crippen LogP contribution in [0.4, 0.5) is 0 Å². The molecular weight excluding hydrogens is 412 g/mol. The SMILES string of the molecule is COc1ccc(C(=O)N2CCN(C(=O)COc3cccc(Br)c3)CC2)cc1. The van der Waals surface area contributed by atoms with Crippen molar-refractivity contribution in [2.45, 2.75) is 0 Å². The third kappa shape index (κ3) is 5.01. The molecule has 1 saturated heterocycles. The highest BCUT2D eigenvalue weighted by molar-refractivity contribution is 9.10. The number of methoxy groups -OCH3 is 1. The molecule has 0 spiro atoms. The van der Waals surface area contributed by atoms with Crippen LogP contribution in [-0.2, 0) is 4.79 Å². The van der Waals surface area contributed by atoms with Crippen molar-refractivity contribution < 1.29 is 19.1 Å². The number of amides is 2. The van der Waals surface area contributed by atoms with Gasteiger partial charge < -0.3 is 19.3 Å². The predicted molar refractivity (Wildman–Crippen MR) is 105 cm³/mol. The zero-order valence-electron chi connectivity index (χ0n) is 15.1. The number of hydrogen-bond acceptors (Lipinski definition) is 4. The van der Waals surface area contributed by atoms with Gasteiger partial charge in [-0.05, 0) is 42.5 Å². The van der Waals surface area contributed by atoms with Crippen molar-refractivity contribution >= 4 is 27.7 Å². The Morgan fingerprint density at radius 2 is 1.63 bits per heavy atom. The van der Waals surface area contributed by atoms with Crippen molar-refractivity contribution in [1.82, 2.24) is 9.80 Å². The van der Waals surface area contributed by atoms with Crippen LogP contribution in [0.15, 0.2) is 53.0 Å². The van der Waals surface area contributed by atoms with Crippen molar-refractivity contribution in [3.8, 4) is 11.5 Å². The molecule has 142 valence electrons. The molecule has 7 heteroatoms. The first kappa shape index (κ1) is 19.2. The lowest BCUT2D eigenvalue weighted by molar-refractivity contribution is -0.134. The molecule has 0 radical (unpaired) electrons. The van der Waals surface area contributed by atoms with Gasteiger partial charge in [-0.25, -0.2) is 0 Å². The molecule has 2 aromatic carbocycles. The van der Waals surface area contributed by atoms with Crippen LogP contribution >= 0.6 is 15.9 Å². The summed E-state index contributed by atoms with van der Waals surface area (Å²) in [6, 6.07) is 14.4. The Hall–Kier alpha value is -2.54. The van der Waals surface area contributed by atoms with E-state index in [1.54, 1.807) is 41.2 Å². The monoisotopic (exact) mass is 432 g/mol. The normalized spacial score (nSPS) is 14.0. The molecule has 1 fully saturated rings. The van der Waals surface area contributed by atoms with Gasteiger partial charge in [-0.2, -0.15) is 0 Å². The summed E-state index contributed by atoms with van der Waals surface area (Å²) in [4.78, 5) is 28.4. The van der Waals surface area contributed by atoms with Gasteiger partial charge in [0.25, 0.3) is 11.8 Å². The van der Waals surface area contributed by atoms with Crippen molar-refractivity contribution in [2.75, 3.05) is 39.9 Å². The number of carbonyl (C=O) groups is 2. The van der Waals surface area contributed by atoms with Crippen LogP contribution in [0.2, 0.25) is 0 Å². The second-order valence-corrected chi connectivity index (χ2v) is 7.06. The van der Waals surface area contributed by atoms with Crippen molar-refractivity contribution in [2.24, 2.45) is 0 Å². The topological polar surface area (TPSA) is 59.1 Å². The molecule has 1 aliphatic heterocycles. The van der Waals surface area contributed by atoms with E-state index in [4.69, 9.17) is 9.47 Å². The smallest absolute Gasteiger partial charge is 0.260 e. The molecule has 1 aliphatic rings. The minimum atomic E-state index is -0.0773. The van der Waals surface area contributed by atoms with E-state index in [9.17, 15) is 9.59 Å². The van der Waals surface area contributed by atoms with Crippen molar-refractivity contribution in [1.29, 1.82) is 0 Å². The highest BCUT2D eigenvalue weighted by Crippen LogP contribution is 2.18. The summed E-state index contributed by atoms with van der Waals surface area (Å²) in [7, 11) is 1.59. The van der Waals surface area contributed by atoms with Crippen LogP contribution in [0.3, 0.4) is 0 Å². The van der Waals surface area contributed by atoms with E-state index in [2.05, 4.69) is 15.9 Å². The Labute approximate surface area is 166 Å². The summed E-state index contributed by atoms with van der Waals surface area (Å²) in [6.07, 6.45) is 0. The zero-order valence-corrected chi connectivity index (χ0v) is 16.6. The van der Waals surface area contributed by atoms with Gasteiger partial charge >= 0.3 is 0 Å². The Kier molecular flexibility index (Phi) is 6.34. The van der Waals surface area contributed by atoms with Crippen LogP contribution in [0.1, 0.15) is 10.4 Å². The van der Waals surface area contributed by atoms with E-state index in [-0.39, 0.29) is 18.4 Å². The molecule has 2 amide bonds. The molecule has 27 heavy (non-hydrogen) atoms. The number of rotatable bonds is 5. The molecule has 0 bridgehead atoms. The summed E-state index contributed by atoms with van der Waals surface area (Å²) < 4.78 is 11.6. The fraction of sp³-hybridized carbons (Fsp3) is 0.300. The van der Waals surface area contributed by atoms with Gasteiger partial charge in [0.15, 0.2) is 6.61 Å². The van der Waals surface area contributed by atoms with Gasteiger partial charge in [0, 0.05) is 36.2 Å². The molecular formula is C20H21BrN2O4. The average molecular weight is 433 g/mol. The predicted octanol–water partition coefficient (Wildman–Crippen LogP) is 2.82. The summed E-state index contributed by atoms with van der Waals surface area (Å²) in [5.74, 6) is 1.25. The molecule has 0 aromatic heterocycles. The molecule has 0 atom stereocenters. The number of ether oxygens (including phenoxy) is 2. The number of halogens is 1. The van der Waals surface area contributed by atoms with Crippen LogP contribution in [0.25, 0.3) is 0 Å². The van der Waals surface area contributed by atoms with Crippen molar-refractivity contribution in [3.05, 3.63) is 58.6 Å². The third-order valence-corrected chi connectivity index (χ3v) is 4.91. The first-order valence-electron chi connectivity index (χ1n) is 8.66. The Balaban J connectivity index is 1.48. The average Bonchev–Trinajstić information content (AvgIpc) is 2.72. The lowest BCUT2D eigenvalue weighted by atomic mass is 10.1. The summed E-state index contributed by atoms with van der Waals surface area (Å²) >= 11 is 3.37. The van der Waals surface area contributed by atoms with Gasteiger partial charge in [-0.3, -0.25) is 9.59 Å². The Morgan fingerprint density at radius 1 is 0.963 bits per heavy atom. The molecule has 0 aliphatic carbocycles. The third-order valence-electron chi connectivity index (χ3n) is 4.41. The number of benzene rings is 2. The first-order chi connectivity index (χ1) is 13.1. The molecule has 0 saturated carbocycles. The van der Waals surface area contributed by atoms with Crippen LogP contribution in [-0.4, -0.2) is 61.5 Å². The maximum Gasteiger partial charge on any atom is 0.260 e. The number of nitrogens with zero attached hydrogens (tertiary/aromatic N) is 2. The van der Waals surface area contributed by atoms with Gasteiger partial charge in [-0.15, -0.1) is 0 Å². The highest BCUT2D eigenvalue weighted by Gasteiger charge is 2.25. The molecule has 3 rings (SSSR count). The highest BCUT2D eigenvalue weighted by atomic mass is 79.9. The van der Waals surface area contributed by atoms with E-state index >= 15 is 0 Å². The van der Waals surface area contributed by atoms with E-state index in [0.717, 1.165) is 4.47 Å². The largest absolute Gasteiger partial charge is 0.497 e. The summed E-state index contributed by atoms with van der Waals surface area (Å²) in [5, 5.41) is 0. The molecule has 6 nitrogen and oxygen atoms in total. The fourth-order valence-electron chi connectivity index (χ4n) is 2.87. The van der Waals surface area contributed by atoms with Gasteiger partial charge in [0.2, 0.25) is 0 Å². The molecule has 1 heterocycles. The quantitative estimate of drug-likeness (QED) is 0.728. The van der Waals surface area contributed by atoms with E-state index in [0.29, 0.717) is 43.2 Å². The summed E-state index contributed by atoms with van der Waals surface area (Å²) in [5.41, 5.74) is 0.619. The van der Waals surface area contributed by atoms with Crippen LogP contribution < -0.4 is 9.47 Å². The van der Waals surface area contributed by atoms with Gasteiger partial charge in [0.05, 0.1) is 7.11 Å². The molecule has 0 unspecified atom stereocenters. The van der Waals surface area contributed by atoms with E-state index in [1.807, 2.05) is 24.3 Å². The minimum absolute atomic E-state index is 0.0110. The maximum atomic E-state index is 12.6. The second kappa shape index (κ2) is 8.90. The first-order valence-corrected chi connectivity index (χ1v) is 9.45. The fourth-order valence-corrected chi connectivity index (χ4v) is 3.25. The number of hydrogen-bond donors (Lipinski definition) is 0. The van der Waals surface area contributed by atoms with E-state index < -0.39 is 0 Å². The Bertz CT molecular complexity index is 802. The maximum absolute atomic E-state index is 12.6. The Morgan fingerprint density at radius 3 is 2.26 bits per heavy atom. The van der Waals surface area contributed by atoms with Crippen LogP contribution in [0, 0.1) is 0 Å². The number of piperazine rings is 1. The van der Waals surface area contributed by atoms with Gasteiger partial charge in [-0.1, -0.05) is 22.0 Å². The number of carbonyl (C=O) groups excluding carboxylic acids is 2. The molecule has 0 N–H and O–H groups in total. The van der Waals surface area contributed by atoms with Crippen molar-refractivity contribution in [3.63, 3.8) is 0 Å². The minimum Gasteiger partial charge on any atom is -0.497 e. The van der Waals surface area contributed by atoms with E-state index in [1.165, 1.54) is 0 Å². The lowest BCUT2D eigenvalue weighted by Gasteiger charge is -2.34. The second-order valence-electron chi connectivity index (χ2n) is 6.15. The van der Waals surface area contributed by atoms with Gasteiger partial charge in [0.1, 0.15) is 11.5 Å². The lowest BCUT2D eigenvalue weighted by Crippen LogP contribution is -2.51. The summed E-state index contributed by atoms with van der Waals surface area (Å²) in [6.45, 7) is 2.01. The molecule has 2 aromatic rings. The standard InChI is InChI=1S/C20H21BrN2O4/c1-26-17-7-5-15(6-8-17)20(25)23-11-9-22(10-12-23)19(24)14-27-18-4-2-3-16(21)13-18/h2-8,13H,9-12,14H2,1H3. The van der Waals surface area contributed by atoms with Crippen LogP contribution in [0.5, 0.6) is 11.5 Å².